The molecule has 1 fully saturated rings. The van der Waals surface area contributed by atoms with E-state index in [1.54, 1.807) is 0 Å². The second kappa shape index (κ2) is 4.78. The third-order valence-electron chi connectivity index (χ3n) is 2.96. The van der Waals surface area contributed by atoms with Gasteiger partial charge in [-0.3, -0.25) is 0 Å². The van der Waals surface area contributed by atoms with Gasteiger partial charge in [0.1, 0.15) is 0 Å². The van der Waals surface area contributed by atoms with Crippen LogP contribution in [0.2, 0.25) is 0 Å². The van der Waals surface area contributed by atoms with E-state index in [0.717, 1.165) is 6.42 Å². The Labute approximate surface area is 112 Å². The molecule has 6 heteroatoms. The second-order valence-electron chi connectivity index (χ2n) is 4.06. The summed E-state index contributed by atoms with van der Waals surface area (Å²) in [6, 6.07) is 2.16. The van der Waals surface area contributed by atoms with Gasteiger partial charge in [-0.25, -0.2) is 4.79 Å². The summed E-state index contributed by atoms with van der Waals surface area (Å²) >= 11 is 3.24. The zero-order valence-corrected chi connectivity index (χ0v) is 10.9. The molecule has 2 atom stereocenters. The van der Waals surface area contributed by atoms with Crippen molar-refractivity contribution in [1.82, 2.24) is 5.32 Å². The number of hydrogen-bond acceptors (Lipinski definition) is 4. The number of nitrogens with one attached hydrogen (secondary N) is 2. The van der Waals surface area contributed by atoms with Gasteiger partial charge >= 0.3 is 5.97 Å². The lowest BCUT2D eigenvalue weighted by atomic mass is 10.0. The number of nitrogens with zero attached hydrogens (tertiary/aromatic N) is 1. The summed E-state index contributed by atoms with van der Waals surface area (Å²) in [4.78, 5) is 11.0. The second-order valence-corrected chi connectivity index (χ2v) is 4.86. The Morgan fingerprint density at radius 2 is 2.44 bits per heavy atom. The average Bonchev–Trinajstić information content (AvgIpc) is 3.11. The lowest BCUT2D eigenvalue weighted by molar-refractivity contribution is -0.132. The van der Waals surface area contributed by atoms with Crippen LogP contribution in [0.5, 0.6) is 0 Å². The number of allylic oxidation sites excluding steroid dienone is 2. The van der Waals surface area contributed by atoms with E-state index >= 15 is 0 Å². The van der Waals surface area contributed by atoms with E-state index in [1.807, 2.05) is 0 Å². The lowest BCUT2D eigenvalue weighted by Gasteiger charge is -2.16. The predicted molar refractivity (Wildman–Crippen MR) is 68.9 cm³/mol. The number of rotatable bonds is 3. The van der Waals surface area contributed by atoms with Crippen molar-refractivity contribution in [3.8, 4) is 6.07 Å². The van der Waals surface area contributed by atoms with Gasteiger partial charge in [0.2, 0.25) is 0 Å². The Morgan fingerprint density at radius 1 is 1.72 bits per heavy atom. The fourth-order valence-electron chi connectivity index (χ4n) is 1.90. The van der Waals surface area contributed by atoms with Crippen molar-refractivity contribution in [2.24, 2.45) is 11.8 Å². The Kier molecular flexibility index (Phi) is 3.34. The summed E-state index contributed by atoms with van der Waals surface area (Å²) < 4.78 is 0.416. The zero-order valence-electron chi connectivity index (χ0n) is 9.27. The molecule has 0 aromatic carbocycles. The molecule has 0 bridgehead atoms. The van der Waals surface area contributed by atoms with Gasteiger partial charge in [-0.1, -0.05) is 0 Å². The van der Waals surface area contributed by atoms with Crippen molar-refractivity contribution in [3.05, 3.63) is 33.6 Å². The molecule has 0 aromatic rings. The molecule has 1 saturated carbocycles. The molecule has 0 saturated heterocycles. The summed E-state index contributed by atoms with van der Waals surface area (Å²) in [5.41, 5.74) is 1.36. The van der Waals surface area contributed by atoms with E-state index in [1.165, 1.54) is 18.5 Å². The van der Waals surface area contributed by atoms with Crippen LogP contribution in [0.25, 0.3) is 0 Å². The third kappa shape index (κ3) is 2.09. The standard InChI is InChI=1S/C12H10BrN3O2/c13-10-7(12(17)18)1-2-16-11(10)9(5-15)8-3-6(8)4-14/h1-2,5-6,8,15-16H,3H2,(H,17,18)/b11-9+,15-5?. The van der Waals surface area contributed by atoms with Crippen LogP contribution < -0.4 is 5.32 Å². The van der Waals surface area contributed by atoms with Crippen molar-refractivity contribution in [2.75, 3.05) is 0 Å². The highest BCUT2D eigenvalue weighted by Crippen LogP contribution is 2.45. The largest absolute Gasteiger partial charge is 0.478 e. The molecule has 92 valence electrons. The number of nitriles is 1. The topological polar surface area (TPSA) is 97.0 Å². The van der Waals surface area contributed by atoms with Crippen LogP contribution in [0.4, 0.5) is 0 Å². The molecule has 3 N–H and O–H groups in total. The van der Waals surface area contributed by atoms with Crippen LogP contribution in [0.1, 0.15) is 6.42 Å². The van der Waals surface area contributed by atoms with E-state index in [0.29, 0.717) is 15.8 Å². The van der Waals surface area contributed by atoms with Crippen molar-refractivity contribution >= 4 is 28.1 Å². The fourth-order valence-corrected chi connectivity index (χ4v) is 2.55. The summed E-state index contributed by atoms with van der Waals surface area (Å²) in [6.45, 7) is 0. The van der Waals surface area contributed by atoms with Crippen LogP contribution >= 0.6 is 15.9 Å². The van der Waals surface area contributed by atoms with E-state index < -0.39 is 5.97 Å². The Morgan fingerprint density at radius 3 is 2.94 bits per heavy atom. The van der Waals surface area contributed by atoms with Crippen LogP contribution in [-0.2, 0) is 4.79 Å². The van der Waals surface area contributed by atoms with Gasteiger partial charge in [0, 0.05) is 18.3 Å². The molecule has 2 rings (SSSR count). The van der Waals surface area contributed by atoms with E-state index in [2.05, 4.69) is 27.3 Å². The van der Waals surface area contributed by atoms with E-state index in [-0.39, 0.29) is 17.4 Å². The van der Waals surface area contributed by atoms with Gasteiger partial charge in [-0.15, -0.1) is 0 Å². The van der Waals surface area contributed by atoms with Crippen LogP contribution in [0, 0.1) is 28.6 Å². The monoisotopic (exact) mass is 307 g/mol. The molecule has 1 aliphatic heterocycles. The first kappa shape index (κ1) is 12.6. The van der Waals surface area contributed by atoms with Crippen molar-refractivity contribution in [3.63, 3.8) is 0 Å². The number of aliphatic carboxylic acids is 1. The van der Waals surface area contributed by atoms with Crippen molar-refractivity contribution in [2.45, 2.75) is 6.42 Å². The van der Waals surface area contributed by atoms with Crippen molar-refractivity contribution in [1.29, 1.82) is 10.7 Å². The number of halogens is 1. The van der Waals surface area contributed by atoms with Gasteiger partial charge in [0.25, 0.3) is 0 Å². The van der Waals surface area contributed by atoms with E-state index in [9.17, 15) is 4.79 Å². The quantitative estimate of drug-likeness (QED) is 0.694. The molecule has 0 spiro atoms. The first-order valence-corrected chi connectivity index (χ1v) is 6.10. The Balaban J connectivity index is 2.44. The van der Waals surface area contributed by atoms with Crippen LogP contribution in [0.15, 0.2) is 33.6 Å². The summed E-state index contributed by atoms with van der Waals surface area (Å²) in [6.07, 6.45) is 4.88. The number of carboxylic acid groups (broad SMARTS) is 1. The molecular weight excluding hydrogens is 298 g/mol. The number of carboxylic acids is 1. The highest BCUT2D eigenvalue weighted by atomic mass is 79.9. The molecular formula is C12H10BrN3O2. The van der Waals surface area contributed by atoms with Crippen LogP contribution in [-0.4, -0.2) is 17.3 Å². The maximum atomic E-state index is 11.0. The van der Waals surface area contributed by atoms with Gasteiger partial charge in [0.15, 0.2) is 0 Å². The SMILES string of the molecule is N#CC1CC1/C(C=N)=C1/NC=CC(C(=O)O)=C1Br. The summed E-state index contributed by atoms with van der Waals surface area (Å²) in [7, 11) is 0. The molecule has 0 aromatic heterocycles. The fraction of sp³-hybridized carbons (Fsp3) is 0.250. The molecule has 18 heavy (non-hydrogen) atoms. The Hall–Kier alpha value is -1.87. The molecule has 1 heterocycles. The maximum Gasteiger partial charge on any atom is 0.336 e. The zero-order chi connectivity index (χ0) is 13.3. The number of dihydropyridines is 1. The Bertz CT molecular complexity index is 554. The van der Waals surface area contributed by atoms with Gasteiger partial charge in [-0.05, 0) is 34.0 Å². The highest BCUT2D eigenvalue weighted by molar-refractivity contribution is 9.12. The first-order valence-electron chi connectivity index (χ1n) is 5.31. The van der Waals surface area contributed by atoms with Gasteiger partial charge in [-0.2, -0.15) is 5.26 Å². The first-order chi connectivity index (χ1) is 8.60. The molecule has 0 radical (unpaired) electrons. The predicted octanol–water partition coefficient (Wildman–Crippen LogP) is 1.90. The maximum absolute atomic E-state index is 11.0. The lowest BCUT2D eigenvalue weighted by Crippen LogP contribution is -2.18. The highest BCUT2D eigenvalue weighted by Gasteiger charge is 2.41. The third-order valence-corrected chi connectivity index (χ3v) is 3.79. The minimum atomic E-state index is -1.03. The molecule has 0 amide bonds. The average molecular weight is 308 g/mol. The minimum absolute atomic E-state index is 0.0177. The molecule has 5 nitrogen and oxygen atoms in total. The number of carbonyl (C=O) groups is 1. The molecule has 2 unspecified atom stereocenters. The smallest absolute Gasteiger partial charge is 0.336 e. The minimum Gasteiger partial charge on any atom is -0.478 e. The normalized spacial score (nSPS) is 28.2. The number of hydrogen-bond donors (Lipinski definition) is 3. The van der Waals surface area contributed by atoms with Crippen LogP contribution in [0.3, 0.4) is 0 Å². The van der Waals surface area contributed by atoms with Crippen molar-refractivity contribution < 1.29 is 9.90 Å². The van der Waals surface area contributed by atoms with Gasteiger partial charge in [0.05, 0.1) is 27.7 Å². The molecule has 1 aliphatic carbocycles. The van der Waals surface area contributed by atoms with Gasteiger partial charge < -0.3 is 15.8 Å². The summed E-state index contributed by atoms with van der Waals surface area (Å²) in [5, 5.41) is 28.2. The van der Waals surface area contributed by atoms with E-state index in [4.69, 9.17) is 15.8 Å². The summed E-state index contributed by atoms with van der Waals surface area (Å²) in [5.74, 6) is -1.09. The molecule has 2 aliphatic rings.